The average Bonchev–Trinajstić information content (AvgIpc) is 2.59. The molecular weight excluding hydrogens is 266 g/mol. The number of unbranched alkanes of at least 4 members (excludes halogenated alkanes) is 2. The van der Waals surface area contributed by atoms with Gasteiger partial charge in [-0.1, -0.05) is 44.8 Å². The Morgan fingerprint density at radius 1 is 0.864 bits per heavy atom. The van der Waals surface area contributed by atoms with Gasteiger partial charge < -0.3 is 0 Å². The first-order valence-electron chi connectivity index (χ1n) is 9.88. The van der Waals surface area contributed by atoms with Crippen molar-refractivity contribution in [2.45, 2.75) is 90.4 Å². The van der Waals surface area contributed by atoms with E-state index >= 15 is 0 Å². The predicted molar refractivity (Wildman–Crippen MR) is 94.4 cm³/mol. The van der Waals surface area contributed by atoms with Crippen molar-refractivity contribution in [2.75, 3.05) is 0 Å². The average molecular weight is 302 g/mol. The second-order valence-electron chi connectivity index (χ2n) is 7.71. The number of rotatable bonds is 7. The monoisotopic (exact) mass is 301 g/mol. The predicted octanol–water partition coefficient (Wildman–Crippen LogP) is 6.65. The molecule has 0 aliphatic heterocycles. The van der Waals surface area contributed by atoms with Crippen molar-refractivity contribution in [1.82, 2.24) is 0 Å². The van der Waals surface area contributed by atoms with Crippen molar-refractivity contribution >= 4 is 0 Å². The Morgan fingerprint density at radius 3 is 2.05 bits per heavy atom. The van der Waals surface area contributed by atoms with Gasteiger partial charge in [-0.15, -0.1) is 0 Å². The number of nitrogens with zero attached hydrogens (tertiary/aromatic N) is 1. The van der Waals surface area contributed by atoms with Gasteiger partial charge in [0.2, 0.25) is 0 Å². The molecule has 1 heteroatoms. The summed E-state index contributed by atoms with van der Waals surface area (Å²) >= 11 is 0. The van der Waals surface area contributed by atoms with Crippen molar-refractivity contribution in [2.24, 2.45) is 23.7 Å². The lowest BCUT2D eigenvalue weighted by atomic mass is 9.69. The molecule has 0 aromatic heterocycles. The van der Waals surface area contributed by atoms with E-state index in [1.165, 1.54) is 83.5 Å². The Labute approximate surface area is 138 Å². The van der Waals surface area contributed by atoms with Crippen LogP contribution in [0.3, 0.4) is 0 Å². The van der Waals surface area contributed by atoms with Gasteiger partial charge in [0.05, 0.1) is 6.07 Å². The SMILES string of the molecule is CCCC/C=C/CC[C@H]1CC[C@H]([C@H]2CC[C@H](C#N)CC2)CC1. The largest absolute Gasteiger partial charge is 0.198 e. The lowest BCUT2D eigenvalue weighted by molar-refractivity contribution is 0.154. The highest BCUT2D eigenvalue weighted by Gasteiger charge is 2.30. The van der Waals surface area contributed by atoms with Crippen LogP contribution in [0.4, 0.5) is 0 Å². The molecule has 124 valence electrons. The third kappa shape index (κ3) is 5.79. The van der Waals surface area contributed by atoms with Crippen LogP contribution < -0.4 is 0 Å². The van der Waals surface area contributed by atoms with Crippen LogP contribution in [0.2, 0.25) is 0 Å². The van der Waals surface area contributed by atoms with E-state index in [0.29, 0.717) is 5.92 Å². The number of nitriles is 1. The topological polar surface area (TPSA) is 23.8 Å². The molecule has 2 rings (SSSR count). The quantitative estimate of drug-likeness (QED) is 0.381. The molecule has 0 heterocycles. The fourth-order valence-corrected chi connectivity index (χ4v) is 4.56. The lowest BCUT2D eigenvalue weighted by Crippen LogP contribution is -2.25. The van der Waals surface area contributed by atoms with Crippen molar-refractivity contribution < 1.29 is 0 Å². The van der Waals surface area contributed by atoms with E-state index in [1.807, 2.05) is 0 Å². The van der Waals surface area contributed by atoms with Gasteiger partial charge in [-0.25, -0.2) is 0 Å². The van der Waals surface area contributed by atoms with Gasteiger partial charge in [0, 0.05) is 5.92 Å². The lowest BCUT2D eigenvalue weighted by Gasteiger charge is -2.36. The maximum Gasteiger partial charge on any atom is 0.0655 e. The zero-order chi connectivity index (χ0) is 15.6. The molecule has 1 nitrogen and oxygen atoms in total. The smallest absolute Gasteiger partial charge is 0.0655 e. The first kappa shape index (κ1) is 17.6. The van der Waals surface area contributed by atoms with Gasteiger partial charge in [-0.05, 0) is 75.5 Å². The Balaban J connectivity index is 1.58. The van der Waals surface area contributed by atoms with E-state index < -0.39 is 0 Å². The molecule has 0 N–H and O–H groups in total. The molecule has 0 radical (unpaired) electrons. The minimum Gasteiger partial charge on any atom is -0.198 e. The van der Waals surface area contributed by atoms with Gasteiger partial charge in [-0.2, -0.15) is 5.26 Å². The summed E-state index contributed by atoms with van der Waals surface area (Å²) in [5, 5.41) is 9.02. The third-order valence-electron chi connectivity index (χ3n) is 6.15. The maximum absolute atomic E-state index is 9.02. The van der Waals surface area contributed by atoms with Gasteiger partial charge in [0.25, 0.3) is 0 Å². The summed E-state index contributed by atoms with van der Waals surface area (Å²) < 4.78 is 0. The minimum absolute atomic E-state index is 0.368. The molecule has 2 fully saturated rings. The van der Waals surface area contributed by atoms with Crippen LogP contribution in [-0.4, -0.2) is 0 Å². The first-order valence-corrected chi connectivity index (χ1v) is 9.88. The van der Waals surface area contributed by atoms with Crippen LogP contribution in [-0.2, 0) is 0 Å². The van der Waals surface area contributed by atoms with Crippen LogP contribution in [0.1, 0.15) is 90.4 Å². The van der Waals surface area contributed by atoms with Crippen LogP contribution in [0.25, 0.3) is 0 Å². The maximum atomic E-state index is 9.02. The van der Waals surface area contributed by atoms with Crippen LogP contribution in [0, 0.1) is 35.0 Å². The minimum atomic E-state index is 0.368. The fraction of sp³-hybridized carbons (Fsp3) is 0.857. The van der Waals surface area contributed by atoms with Crippen LogP contribution in [0.15, 0.2) is 12.2 Å². The van der Waals surface area contributed by atoms with Crippen LogP contribution in [0.5, 0.6) is 0 Å². The zero-order valence-corrected chi connectivity index (χ0v) is 14.6. The number of hydrogen-bond donors (Lipinski definition) is 0. The molecule has 0 spiro atoms. The van der Waals surface area contributed by atoms with E-state index in [1.54, 1.807) is 0 Å². The van der Waals surface area contributed by atoms with Gasteiger partial charge in [-0.3, -0.25) is 0 Å². The van der Waals surface area contributed by atoms with Crippen molar-refractivity contribution in [3.05, 3.63) is 12.2 Å². The van der Waals surface area contributed by atoms with E-state index in [-0.39, 0.29) is 0 Å². The summed E-state index contributed by atoms with van der Waals surface area (Å²) in [5.74, 6) is 3.28. The van der Waals surface area contributed by atoms with Crippen LogP contribution >= 0.6 is 0 Å². The second kappa shape index (κ2) is 10.1. The van der Waals surface area contributed by atoms with Gasteiger partial charge in [0.15, 0.2) is 0 Å². The Hall–Kier alpha value is -0.770. The molecule has 2 saturated carbocycles. The highest BCUT2D eigenvalue weighted by molar-refractivity contribution is 4.90. The van der Waals surface area contributed by atoms with E-state index in [4.69, 9.17) is 5.26 Å². The molecule has 0 saturated heterocycles. The first-order chi connectivity index (χ1) is 10.8. The highest BCUT2D eigenvalue weighted by atomic mass is 14.4. The number of allylic oxidation sites excluding steroid dienone is 2. The molecule has 0 aromatic carbocycles. The fourth-order valence-electron chi connectivity index (χ4n) is 4.56. The van der Waals surface area contributed by atoms with Crippen molar-refractivity contribution in [1.29, 1.82) is 5.26 Å². The molecule has 0 aromatic rings. The molecule has 2 aliphatic carbocycles. The zero-order valence-electron chi connectivity index (χ0n) is 14.6. The normalized spacial score (nSPS) is 32.9. The molecule has 0 amide bonds. The second-order valence-corrected chi connectivity index (χ2v) is 7.71. The number of hydrogen-bond acceptors (Lipinski definition) is 1. The highest BCUT2D eigenvalue weighted by Crippen LogP contribution is 2.42. The van der Waals surface area contributed by atoms with Crippen molar-refractivity contribution in [3.63, 3.8) is 0 Å². The van der Waals surface area contributed by atoms with Crippen molar-refractivity contribution in [3.8, 4) is 6.07 Å². The van der Waals surface area contributed by atoms with E-state index in [0.717, 1.165) is 17.8 Å². The molecule has 2 aliphatic rings. The van der Waals surface area contributed by atoms with Gasteiger partial charge >= 0.3 is 0 Å². The molecule has 0 atom stereocenters. The summed E-state index contributed by atoms with van der Waals surface area (Å²) in [6, 6.07) is 2.47. The van der Waals surface area contributed by atoms with E-state index in [9.17, 15) is 0 Å². The van der Waals surface area contributed by atoms with E-state index in [2.05, 4.69) is 25.1 Å². The summed E-state index contributed by atoms with van der Waals surface area (Å²) in [6.45, 7) is 2.26. The molecule has 22 heavy (non-hydrogen) atoms. The van der Waals surface area contributed by atoms with Gasteiger partial charge in [0.1, 0.15) is 0 Å². The summed E-state index contributed by atoms with van der Waals surface area (Å²) in [6.07, 6.45) is 22.3. The Bertz CT molecular complexity index is 349. The summed E-state index contributed by atoms with van der Waals surface area (Å²) in [5.41, 5.74) is 0. The molecule has 0 bridgehead atoms. The molecular formula is C21H35N. The standard InChI is InChI=1S/C21H35N/c1-2-3-4-5-6-7-8-18-9-13-20(14-10-18)21-15-11-19(17-22)12-16-21/h5-6,18-21H,2-4,7-16H2,1H3/b6-5+/t18-,19-,20-,21-. The Kier molecular flexibility index (Phi) is 8.06. The summed E-state index contributed by atoms with van der Waals surface area (Å²) in [4.78, 5) is 0. The third-order valence-corrected chi connectivity index (χ3v) is 6.15. The summed E-state index contributed by atoms with van der Waals surface area (Å²) in [7, 11) is 0. The Morgan fingerprint density at radius 2 is 1.45 bits per heavy atom. The molecule has 0 unspecified atom stereocenters.